The van der Waals surface area contributed by atoms with Gasteiger partial charge in [0.05, 0.1) is 13.0 Å². The molecule has 84 valence electrons. The van der Waals surface area contributed by atoms with Gasteiger partial charge in [-0.05, 0) is 0 Å². The second-order valence-corrected chi connectivity index (χ2v) is 4.29. The molecule has 0 amide bonds. The molecule has 0 aromatic heterocycles. The predicted molar refractivity (Wildman–Crippen MR) is 45.1 cm³/mol. The van der Waals surface area contributed by atoms with Gasteiger partial charge in [0.2, 0.25) is 0 Å². The predicted octanol–water partition coefficient (Wildman–Crippen LogP) is 1.11. The lowest BCUT2D eigenvalue weighted by Crippen LogP contribution is -2.26. The van der Waals surface area contributed by atoms with Crippen LogP contribution in [0.15, 0.2) is 0 Å². The molecular formula is C7H11F3O3S. The first-order valence-electron chi connectivity index (χ1n) is 3.76. The minimum absolute atomic E-state index is 0.327. The molecule has 0 radical (unpaired) electrons. The van der Waals surface area contributed by atoms with Gasteiger partial charge in [0.15, 0.2) is 0 Å². The first-order valence-corrected chi connectivity index (χ1v) is 5.24. The molecule has 0 aromatic rings. The summed E-state index contributed by atoms with van der Waals surface area (Å²) in [6, 6.07) is 0. The highest BCUT2D eigenvalue weighted by atomic mass is 32.2. The molecular weight excluding hydrogens is 221 g/mol. The fourth-order valence-electron chi connectivity index (χ4n) is 0.790. The van der Waals surface area contributed by atoms with Crippen molar-refractivity contribution in [2.75, 3.05) is 18.6 Å². The topological polar surface area (TPSA) is 43.4 Å². The number of hydrogen-bond donors (Lipinski definition) is 0. The van der Waals surface area contributed by atoms with Crippen LogP contribution in [-0.4, -0.2) is 35.0 Å². The SMILES string of the molecule is COC(=O)C(C)CS(=O)CC(F)(F)F. The normalized spacial score (nSPS) is 16.1. The summed E-state index contributed by atoms with van der Waals surface area (Å²) in [5, 5.41) is 0. The fourth-order valence-corrected chi connectivity index (χ4v) is 1.97. The van der Waals surface area contributed by atoms with Crippen LogP contribution in [0.25, 0.3) is 0 Å². The Bertz CT molecular complexity index is 227. The van der Waals surface area contributed by atoms with Gasteiger partial charge >= 0.3 is 12.1 Å². The largest absolute Gasteiger partial charge is 0.469 e. The molecule has 0 saturated heterocycles. The summed E-state index contributed by atoms with van der Waals surface area (Å²) in [7, 11) is -0.937. The molecule has 0 aliphatic heterocycles. The number of esters is 1. The Hall–Kier alpha value is -0.590. The van der Waals surface area contributed by atoms with Crippen LogP contribution in [0, 0.1) is 5.92 Å². The average Bonchev–Trinajstić information content (AvgIpc) is 1.99. The second kappa shape index (κ2) is 5.33. The van der Waals surface area contributed by atoms with E-state index in [1.54, 1.807) is 0 Å². The maximum atomic E-state index is 11.7. The quantitative estimate of drug-likeness (QED) is 0.682. The van der Waals surface area contributed by atoms with Crippen LogP contribution in [-0.2, 0) is 20.3 Å². The maximum Gasteiger partial charge on any atom is 0.400 e. The molecule has 0 N–H and O–H groups in total. The number of carbonyl (C=O) groups excluding carboxylic acids is 1. The van der Waals surface area contributed by atoms with Crippen LogP contribution >= 0.6 is 0 Å². The lowest BCUT2D eigenvalue weighted by molar-refractivity contribution is -0.144. The van der Waals surface area contributed by atoms with Crippen LogP contribution < -0.4 is 0 Å². The average molecular weight is 232 g/mol. The smallest absolute Gasteiger partial charge is 0.400 e. The van der Waals surface area contributed by atoms with Gasteiger partial charge in [-0.15, -0.1) is 0 Å². The highest BCUT2D eigenvalue weighted by Gasteiger charge is 2.31. The summed E-state index contributed by atoms with van der Waals surface area (Å²) in [4.78, 5) is 10.8. The van der Waals surface area contributed by atoms with E-state index in [0.717, 1.165) is 7.11 Å². The van der Waals surface area contributed by atoms with Gasteiger partial charge in [-0.1, -0.05) is 6.92 Å². The molecule has 2 unspecified atom stereocenters. The van der Waals surface area contributed by atoms with Crippen molar-refractivity contribution in [1.29, 1.82) is 0 Å². The number of hydrogen-bond acceptors (Lipinski definition) is 3. The Morgan fingerprint density at radius 1 is 1.50 bits per heavy atom. The summed E-state index contributed by atoms with van der Waals surface area (Å²) in [6.07, 6.45) is -4.46. The van der Waals surface area contributed by atoms with Gasteiger partial charge in [-0.2, -0.15) is 13.2 Å². The van der Waals surface area contributed by atoms with Crippen LogP contribution in [0.2, 0.25) is 0 Å². The molecule has 0 aliphatic carbocycles. The molecule has 0 saturated carbocycles. The highest BCUT2D eigenvalue weighted by molar-refractivity contribution is 7.85. The Balaban J connectivity index is 4.01. The van der Waals surface area contributed by atoms with E-state index in [2.05, 4.69) is 4.74 Å². The number of carbonyl (C=O) groups is 1. The molecule has 0 bridgehead atoms. The molecule has 0 rings (SSSR count). The molecule has 2 atom stereocenters. The van der Waals surface area contributed by atoms with Crippen LogP contribution in [0.4, 0.5) is 13.2 Å². The molecule has 0 heterocycles. The van der Waals surface area contributed by atoms with E-state index in [1.807, 2.05) is 0 Å². The highest BCUT2D eigenvalue weighted by Crippen LogP contribution is 2.17. The Morgan fingerprint density at radius 2 is 2.00 bits per heavy atom. The van der Waals surface area contributed by atoms with Crippen LogP contribution in [0.3, 0.4) is 0 Å². The molecule has 0 fully saturated rings. The molecule has 7 heteroatoms. The molecule has 3 nitrogen and oxygen atoms in total. The Morgan fingerprint density at radius 3 is 2.36 bits per heavy atom. The van der Waals surface area contributed by atoms with Gasteiger partial charge < -0.3 is 4.74 Å². The number of halogens is 3. The van der Waals surface area contributed by atoms with Crippen molar-refractivity contribution in [1.82, 2.24) is 0 Å². The molecule has 0 aromatic carbocycles. The number of alkyl halides is 3. The van der Waals surface area contributed by atoms with Crippen molar-refractivity contribution in [3.63, 3.8) is 0 Å². The van der Waals surface area contributed by atoms with Gasteiger partial charge in [0.1, 0.15) is 5.75 Å². The van der Waals surface area contributed by atoms with Crippen molar-refractivity contribution in [2.45, 2.75) is 13.1 Å². The van der Waals surface area contributed by atoms with Crippen molar-refractivity contribution in [2.24, 2.45) is 5.92 Å². The number of ether oxygens (including phenoxy) is 1. The van der Waals surface area contributed by atoms with Crippen LogP contribution in [0.5, 0.6) is 0 Å². The lowest BCUT2D eigenvalue weighted by Gasteiger charge is -2.10. The van der Waals surface area contributed by atoms with Crippen LogP contribution in [0.1, 0.15) is 6.92 Å². The van der Waals surface area contributed by atoms with Crippen molar-refractivity contribution < 1.29 is 26.9 Å². The molecule has 0 aliphatic rings. The summed E-state index contributed by atoms with van der Waals surface area (Å²) in [5.74, 6) is -3.13. The van der Waals surface area contributed by atoms with E-state index >= 15 is 0 Å². The van der Waals surface area contributed by atoms with Crippen molar-refractivity contribution in [3.8, 4) is 0 Å². The summed E-state index contributed by atoms with van der Waals surface area (Å²) in [5.41, 5.74) is 0. The summed E-state index contributed by atoms with van der Waals surface area (Å²) in [6.45, 7) is 1.38. The van der Waals surface area contributed by atoms with E-state index in [4.69, 9.17) is 0 Å². The minimum atomic E-state index is -4.46. The maximum absolute atomic E-state index is 11.7. The molecule has 14 heavy (non-hydrogen) atoms. The van der Waals surface area contributed by atoms with Gasteiger partial charge in [-0.3, -0.25) is 9.00 Å². The van der Waals surface area contributed by atoms with E-state index in [9.17, 15) is 22.2 Å². The zero-order valence-corrected chi connectivity index (χ0v) is 8.57. The summed E-state index contributed by atoms with van der Waals surface area (Å²) < 4.78 is 50.4. The number of methoxy groups -OCH3 is 1. The van der Waals surface area contributed by atoms with Gasteiger partial charge in [0.25, 0.3) is 0 Å². The van der Waals surface area contributed by atoms with E-state index < -0.39 is 34.6 Å². The monoisotopic (exact) mass is 232 g/mol. The third kappa shape index (κ3) is 5.95. The van der Waals surface area contributed by atoms with Crippen molar-refractivity contribution >= 4 is 16.8 Å². The van der Waals surface area contributed by atoms with E-state index in [0.29, 0.717) is 0 Å². The first kappa shape index (κ1) is 13.4. The summed E-state index contributed by atoms with van der Waals surface area (Å²) >= 11 is 0. The van der Waals surface area contributed by atoms with E-state index in [1.165, 1.54) is 6.92 Å². The molecule has 0 spiro atoms. The minimum Gasteiger partial charge on any atom is -0.469 e. The van der Waals surface area contributed by atoms with Gasteiger partial charge in [0, 0.05) is 16.6 Å². The second-order valence-electron chi connectivity index (χ2n) is 2.79. The number of rotatable bonds is 4. The van der Waals surface area contributed by atoms with Crippen molar-refractivity contribution in [3.05, 3.63) is 0 Å². The third-order valence-corrected chi connectivity index (χ3v) is 2.89. The Labute approximate surface area is 82.1 Å². The van der Waals surface area contributed by atoms with E-state index in [-0.39, 0.29) is 5.75 Å². The zero-order valence-electron chi connectivity index (χ0n) is 7.76. The third-order valence-electron chi connectivity index (χ3n) is 1.36. The zero-order chi connectivity index (χ0) is 11.4. The Kier molecular flexibility index (Phi) is 5.11. The van der Waals surface area contributed by atoms with Gasteiger partial charge in [-0.25, -0.2) is 0 Å². The fraction of sp³-hybridized carbons (Fsp3) is 0.857. The lowest BCUT2D eigenvalue weighted by atomic mass is 10.2. The first-order chi connectivity index (χ1) is 6.26. The standard InChI is InChI=1S/C7H11F3O3S/c1-5(6(11)13-2)3-14(12)4-7(8,9)10/h5H,3-4H2,1-2H3.